The fourth-order valence-electron chi connectivity index (χ4n) is 3.38. The molecule has 2 rings (SSSR count). The first-order valence-corrected chi connectivity index (χ1v) is 8.25. The Morgan fingerprint density at radius 3 is 2.09 bits per heavy atom. The zero-order valence-electron chi connectivity index (χ0n) is 13.2. The lowest BCUT2D eigenvalue weighted by atomic mass is 9.85. The number of rotatable bonds is 5. The molecule has 0 atom stereocenters. The van der Waals surface area contributed by atoms with Crippen LogP contribution in [0.4, 0.5) is 0 Å². The summed E-state index contributed by atoms with van der Waals surface area (Å²) in [5.74, 6) is -0.210. The fraction of sp³-hybridized carbons (Fsp3) is 0.812. The van der Waals surface area contributed by atoms with Crippen molar-refractivity contribution in [2.24, 2.45) is 11.8 Å². The molecule has 0 unspecified atom stereocenters. The molecule has 124 valence electrons. The first-order chi connectivity index (χ1) is 10.6. The Balaban J connectivity index is 1.67. The number of ether oxygens (including phenoxy) is 1. The third kappa shape index (κ3) is 4.71. The third-order valence-electron chi connectivity index (χ3n) is 4.80. The molecule has 2 fully saturated rings. The summed E-state index contributed by atoms with van der Waals surface area (Å²) >= 11 is 0. The lowest BCUT2D eigenvalue weighted by Gasteiger charge is -2.29. The van der Waals surface area contributed by atoms with E-state index in [1.165, 1.54) is 7.11 Å². The highest BCUT2D eigenvalue weighted by Gasteiger charge is 2.29. The predicted molar refractivity (Wildman–Crippen MR) is 80.9 cm³/mol. The highest BCUT2D eigenvalue weighted by molar-refractivity contribution is 5.83. The second kappa shape index (κ2) is 8.15. The van der Waals surface area contributed by atoms with E-state index in [1.54, 1.807) is 0 Å². The van der Waals surface area contributed by atoms with Gasteiger partial charge in [-0.2, -0.15) is 0 Å². The van der Waals surface area contributed by atoms with E-state index in [0.29, 0.717) is 0 Å². The molecule has 2 N–H and O–H groups in total. The van der Waals surface area contributed by atoms with E-state index in [2.05, 4.69) is 15.4 Å². The molecular formula is C16H26N2O4. The normalized spacial score (nSPS) is 25.5. The highest BCUT2D eigenvalue weighted by Crippen LogP contribution is 2.27. The zero-order valence-corrected chi connectivity index (χ0v) is 13.2. The first kappa shape index (κ1) is 16.8. The zero-order chi connectivity index (χ0) is 15.9. The van der Waals surface area contributed by atoms with Crippen LogP contribution in [0.3, 0.4) is 0 Å². The molecule has 6 heteroatoms. The molecule has 22 heavy (non-hydrogen) atoms. The maximum absolute atomic E-state index is 12.1. The van der Waals surface area contributed by atoms with E-state index in [1.807, 2.05) is 0 Å². The summed E-state index contributed by atoms with van der Waals surface area (Å²) in [5, 5.41) is 5.74. The van der Waals surface area contributed by atoms with E-state index in [9.17, 15) is 14.4 Å². The SMILES string of the molecule is COC(=O)CNC(=O)C1CCC(NC(=O)C2CCCC2)CC1. The summed E-state index contributed by atoms with van der Waals surface area (Å²) in [6, 6.07) is 0.192. The van der Waals surface area contributed by atoms with Crippen LogP contribution in [0.25, 0.3) is 0 Å². The molecule has 0 aliphatic heterocycles. The summed E-state index contributed by atoms with van der Waals surface area (Å²) in [6.45, 7) is -0.0757. The molecule has 0 heterocycles. The number of carbonyl (C=O) groups excluding carboxylic acids is 3. The van der Waals surface area contributed by atoms with Gasteiger partial charge < -0.3 is 15.4 Å². The van der Waals surface area contributed by atoms with Gasteiger partial charge in [-0.15, -0.1) is 0 Å². The molecule has 0 radical (unpaired) electrons. The second-order valence-corrected chi connectivity index (χ2v) is 6.33. The van der Waals surface area contributed by atoms with Gasteiger partial charge in [-0.1, -0.05) is 12.8 Å². The molecule has 0 aromatic carbocycles. The molecular weight excluding hydrogens is 284 g/mol. The van der Waals surface area contributed by atoms with Gasteiger partial charge in [0.25, 0.3) is 0 Å². The Kier molecular flexibility index (Phi) is 6.21. The minimum atomic E-state index is -0.439. The van der Waals surface area contributed by atoms with Gasteiger partial charge in [0.05, 0.1) is 7.11 Å². The quantitative estimate of drug-likeness (QED) is 0.746. The minimum absolute atomic E-state index is 0.0655. The molecule has 2 saturated carbocycles. The number of amides is 2. The smallest absolute Gasteiger partial charge is 0.325 e. The van der Waals surface area contributed by atoms with Crippen molar-refractivity contribution in [2.75, 3.05) is 13.7 Å². The molecule has 2 aliphatic carbocycles. The van der Waals surface area contributed by atoms with E-state index in [-0.39, 0.29) is 36.2 Å². The molecule has 0 spiro atoms. The lowest BCUT2D eigenvalue weighted by Crippen LogP contribution is -2.43. The van der Waals surface area contributed by atoms with E-state index in [4.69, 9.17) is 0 Å². The Morgan fingerprint density at radius 1 is 0.909 bits per heavy atom. The number of hydrogen-bond acceptors (Lipinski definition) is 4. The first-order valence-electron chi connectivity index (χ1n) is 8.25. The standard InChI is InChI=1S/C16H26N2O4/c1-22-14(19)10-17-15(20)12-6-8-13(9-7-12)18-16(21)11-4-2-3-5-11/h11-13H,2-10H2,1H3,(H,17,20)(H,18,21). The highest BCUT2D eigenvalue weighted by atomic mass is 16.5. The van der Waals surface area contributed by atoms with E-state index >= 15 is 0 Å². The molecule has 0 aromatic rings. The number of hydrogen-bond donors (Lipinski definition) is 2. The Hall–Kier alpha value is -1.59. The van der Waals surface area contributed by atoms with Gasteiger partial charge in [0, 0.05) is 17.9 Å². The number of carbonyl (C=O) groups is 3. The fourth-order valence-corrected chi connectivity index (χ4v) is 3.38. The third-order valence-corrected chi connectivity index (χ3v) is 4.80. The molecule has 2 aliphatic rings. The average Bonchev–Trinajstić information content (AvgIpc) is 3.07. The van der Waals surface area contributed by atoms with Crippen molar-refractivity contribution in [1.82, 2.24) is 10.6 Å². The maximum atomic E-state index is 12.1. The predicted octanol–water partition coefficient (Wildman–Crippen LogP) is 1.14. The van der Waals surface area contributed by atoms with Crippen LogP contribution in [-0.2, 0) is 19.1 Å². The van der Waals surface area contributed by atoms with Crippen LogP contribution in [0.5, 0.6) is 0 Å². The van der Waals surface area contributed by atoms with Crippen molar-refractivity contribution in [3.63, 3.8) is 0 Å². The van der Waals surface area contributed by atoms with Crippen molar-refractivity contribution < 1.29 is 19.1 Å². The summed E-state index contributed by atoms with van der Waals surface area (Å²) in [7, 11) is 1.30. The Morgan fingerprint density at radius 2 is 1.50 bits per heavy atom. The molecule has 0 bridgehead atoms. The molecule has 0 saturated heterocycles. The van der Waals surface area contributed by atoms with Gasteiger partial charge in [-0.3, -0.25) is 14.4 Å². The Bertz CT molecular complexity index is 410. The van der Waals surface area contributed by atoms with Crippen molar-refractivity contribution in [2.45, 2.75) is 57.4 Å². The molecule has 6 nitrogen and oxygen atoms in total. The van der Waals surface area contributed by atoms with Crippen LogP contribution < -0.4 is 10.6 Å². The van der Waals surface area contributed by atoms with E-state index < -0.39 is 5.97 Å². The van der Waals surface area contributed by atoms with Crippen LogP contribution in [0.1, 0.15) is 51.4 Å². The second-order valence-electron chi connectivity index (χ2n) is 6.33. The summed E-state index contributed by atoms with van der Waals surface area (Å²) < 4.78 is 4.50. The van der Waals surface area contributed by atoms with Crippen LogP contribution in [-0.4, -0.2) is 37.5 Å². The summed E-state index contributed by atoms with van der Waals surface area (Å²) in [6.07, 6.45) is 7.50. The van der Waals surface area contributed by atoms with Crippen molar-refractivity contribution in [3.05, 3.63) is 0 Å². The van der Waals surface area contributed by atoms with Gasteiger partial charge in [0.1, 0.15) is 6.54 Å². The van der Waals surface area contributed by atoms with Gasteiger partial charge in [0.2, 0.25) is 11.8 Å². The minimum Gasteiger partial charge on any atom is -0.468 e. The molecule has 2 amide bonds. The number of esters is 1. The average molecular weight is 310 g/mol. The monoisotopic (exact) mass is 310 g/mol. The van der Waals surface area contributed by atoms with Crippen LogP contribution in [0.15, 0.2) is 0 Å². The van der Waals surface area contributed by atoms with Gasteiger partial charge in [-0.25, -0.2) is 0 Å². The van der Waals surface area contributed by atoms with Gasteiger partial charge in [0.15, 0.2) is 0 Å². The number of nitrogens with one attached hydrogen (secondary N) is 2. The van der Waals surface area contributed by atoms with Crippen molar-refractivity contribution in [3.8, 4) is 0 Å². The number of methoxy groups -OCH3 is 1. The molecule has 0 aromatic heterocycles. The van der Waals surface area contributed by atoms with Gasteiger partial charge >= 0.3 is 5.97 Å². The largest absolute Gasteiger partial charge is 0.468 e. The van der Waals surface area contributed by atoms with Crippen molar-refractivity contribution >= 4 is 17.8 Å². The summed E-state index contributed by atoms with van der Waals surface area (Å²) in [4.78, 5) is 35.1. The lowest BCUT2D eigenvalue weighted by molar-refractivity contribution is -0.141. The maximum Gasteiger partial charge on any atom is 0.325 e. The van der Waals surface area contributed by atoms with Gasteiger partial charge in [-0.05, 0) is 38.5 Å². The van der Waals surface area contributed by atoms with E-state index in [0.717, 1.165) is 51.4 Å². The van der Waals surface area contributed by atoms with Crippen LogP contribution >= 0.6 is 0 Å². The Labute approximate surface area is 131 Å². The summed E-state index contributed by atoms with van der Waals surface area (Å²) in [5.41, 5.74) is 0. The van der Waals surface area contributed by atoms with Crippen molar-refractivity contribution in [1.29, 1.82) is 0 Å². The van der Waals surface area contributed by atoms with Crippen LogP contribution in [0.2, 0.25) is 0 Å². The van der Waals surface area contributed by atoms with Crippen LogP contribution in [0, 0.1) is 11.8 Å². The topological polar surface area (TPSA) is 84.5 Å².